The Hall–Kier alpha value is -0.560. The molecular formula is C10H19N2O4S+. The van der Waals surface area contributed by atoms with Crippen molar-refractivity contribution in [3.8, 4) is 0 Å². The molecule has 0 aromatic carbocycles. The van der Waals surface area contributed by atoms with Crippen molar-refractivity contribution in [2.75, 3.05) is 13.2 Å². The monoisotopic (exact) mass is 263 g/mol. The normalized spacial score (nSPS) is 32.9. The van der Waals surface area contributed by atoms with Gasteiger partial charge in [0.05, 0.1) is 19.3 Å². The number of rotatable bonds is 3. The van der Waals surface area contributed by atoms with Crippen molar-refractivity contribution in [1.82, 2.24) is 9.98 Å². The van der Waals surface area contributed by atoms with Crippen molar-refractivity contribution < 1.29 is 20.1 Å². The van der Waals surface area contributed by atoms with Crippen LogP contribution >= 0.6 is 11.8 Å². The van der Waals surface area contributed by atoms with Crippen molar-refractivity contribution in [3.63, 3.8) is 0 Å². The lowest BCUT2D eigenvalue weighted by Gasteiger charge is -2.35. The number of hydrogen-bond acceptors (Lipinski definition) is 5. The van der Waals surface area contributed by atoms with E-state index in [1.54, 1.807) is 0 Å². The largest absolute Gasteiger partial charge is 0.405 e. The van der Waals surface area contributed by atoms with Gasteiger partial charge in [0.15, 0.2) is 6.72 Å². The highest BCUT2D eigenvalue weighted by Crippen LogP contribution is 2.27. The Balaban J connectivity index is 2.58. The summed E-state index contributed by atoms with van der Waals surface area (Å²) in [6, 6.07) is 0. The molecule has 0 spiro atoms. The second-order valence-electron chi connectivity index (χ2n) is 3.69. The molecule has 6 nitrogen and oxygen atoms in total. The first kappa shape index (κ1) is 14.5. The van der Waals surface area contributed by atoms with Crippen molar-refractivity contribution >= 4 is 23.6 Å². The van der Waals surface area contributed by atoms with Gasteiger partial charge >= 0.3 is 5.17 Å². The fourth-order valence-electron chi connectivity index (χ4n) is 1.55. The van der Waals surface area contributed by atoms with E-state index in [1.165, 1.54) is 11.8 Å². The fraction of sp³-hybridized carbons (Fsp3) is 0.800. The molecule has 4 atom stereocenters. The molecular weight excluding hydrogens is 244 g/mol. The van der Waals surface area contributed by atoms with E-state index in [-0.39, 0.29) is 18.5 Å². The van der Waals surface area contributed by atoms with E-state index in [2.05, 4.69) is 16.7 Å². The lowest BCUT2D eigenvalue weighted by Crippen LogP contribution is -2.49. The summed E-state index contributed by atoms with van der Waals surface area (Å²) < 4.78 is 9.25. The van der Waals surface area contributed by atoms with Crippen molar-refractivity contribution in [1.29, 1.82) is 0 Å². The highest BCUT2D eigenvalue weighted by Gasteiger charge is 2.38. The van der Waals surface area contributed by atoms with Crippen LogP contribution in [0.2, 0.25) is 0 Å². The van der Waals surface area contributed by atoms with Gasteiger partial charge in [-0.3, -0.25) is 5.32 Å². The molecule has 17 heavy (non-hydrogen) atoms. The van der Waals surface area contributed by atoms with Gasteiger partial charge in [-0.2, -0.15) is 0 Å². The van der Waals surface area contributed by atoms with Gasteiger partial charge < -0.3 is 20.1 Å². The van der Waals surface area contributed by atoms with E-state index in [0.717, 1.165) is 0 Å². The van der Waals surface area contributed by atoms with E-state index < -0.39 is 18.3 Å². The zero-order chi connectivity index (χ0) is 12.8. The number of aliphatic hydroxyl groups excluding tert-OH is 3. The molecule has 98 valence electrons. The molecule has 1 fully saturated rings. The maximum Gasteiger partial charge on any atom is 0.405 e. The Bertz CT molecular complexity index is 296. The minimum atomic E-state index is -1.05. The summed E-state index contributed by atoms with van der Waals surface area (Å²) in [5.41, 5.74) is -0.356. The molecule has 0 radical (unpaired) electrons. The fourth-order valence-corrected chi connectivity index (χ4v) is 2.60. The van der Waals surface area contributed by atoms with Gasteiger partial charge in [0.1, 0.15) is 17.6 Å². The Kier molecular flexibility index (Phi) is 5.97. The quantitative estimate of drug-likeness (QED) is 0.275. The van der Waals surface area contributed by atoms with Crippen molar-refractivity contribution in [3.05, 3.63) is 0 Å². The Morgan fingerprint density at radius 1 is 1.59 bits per heavy atom. The third kappa shape index (κ3) is 3.99. The van der Waals surface area contributed by atoms with Crippen LogP contribution in [0.4, 0.5) is 0 Å². The first-order chi connectivity index (χ1) is 8.12. The number of amidine groups is 1. The van der Waals surface area contributed by atoms with Crippen LogP contribution < -0.4 is 9.98 Å². The molecule has 0 aromatic heterocycles. The molecule has 0 aromatic rings. The van der Waals surface area contributed by atoms with Crippen molar-refractivity contribution in [2.45, 2.75) is 37.1 Å². The van der Waals surface area contributed by atoms with E-state index in [0.29, 0.717) is 11.7 Å². The lowest BCUT2D eigenvalue weighted by molar-refractivity contribution is -0.156. The van der Waals surface area contributed by atoms with Gasteiger partial charge in [-0.25, -0.2) is 4.67 Å². The molecule has 0 bridgehead atoms. The first-order valence-corrected chi connectivity index (χ1v) is 6.37. The summed E-state index contributed by atoms with van der Waals surface area (Å²) in [4.78, 5) is 0. The predicted octanol–water partition coefficient (Wildman–Crippen LogP) is -1.72. The Labute approximate surface area is 104 Å². The number of nitrogens with zero attached hydrogens (tertiary/aromatic N) is 1. The van der Waals surface area contributed by atoms with Crippen LogP contribution in [0.5, 0.6) is 0 Å². The molecule has 1 aliphatic heterocycles. The number of hydrogen-bond donors (Lipinski definition) is 4. The summed E-state index contributed by atoms with van der Waals surface area (Å²) >= 11 is 1.29. The smallest absolute Gasteiger partial charge is 0.394 e. The lowest BCUT2D eigenvalue weighted by atomic mass is 10.0. The number of aliphatic hydroxyl groups is 3. The standard InChI is InChI=1S/C10H18N2O4S/c1-3-12-10(11-2)17-8-4-6(14)9(15)7(5-13)16-8/h6-9,13-15H,2-5H2,1H3/p+1/t6-,7-,8-,9+/m1/s1. The number of thioether (sulfide) groups is 1. The minimum Gasteiger partial charge on any atom is -0.394 e. The maximum atomic E-state index is 9.63. The zero-order valence-corrected chi connectivity index (χ0v) is 10.6. The maximum absolute atomic E-state index is 9.63. The van der Waals surface area contributed by atoms with Crippen LogP contribution in [0.25, 0.3) is 0 Å². The predicted molar refractivity (Wildman–Crippen MR) is 67.9 cm³/mol. The molecule has 1 rings (SSSR count). The third-order valence-electron chi connectivity index (χ3n) is 2.43. The molecule has 0 saturated carbocycles. The zero-order valence-electron chi connectivity index (χ0n) is 9.74. The number of ether oxygens (including phenoxy) is 1. The molecule has 1 saturated heterocycles. The Morgan fingerprint density at radius 2 is 2.29 bits per heavy atom. The minimum absolute atomic E-state index is 0.284. The molecule has 7 heteroatoms. The van der Waals surface area contributed by atoms with Gasteiger partial charge in [0.2, 0.25) is 0 Å². The summed E-state index contributed by atoms with van der Waals surface area (Å²) in [5, 5.41) is 31.8. The topological polar surface area (TPSA) is 96.1 Å². The van der Waals surface area contributed by atoms with Gasteiger partial charge in [-0.05, 0) is 6.92 Å². The van der Waals surface area contributed by atoms with Crippen LogP contribution in [0.1, 0.15) is 13.3 Å². The van der Waals surface area contributed by atoms with Crippen LogP contribution in [0.15, 0.2) is 0 Å². The van der Waals surface area contributed by atoms with Gasteiger partial charge in [-0.15, -0.1) is 0 Å². The summed E-state index contributed by atoms with van der Waals surface area (Å²) in [6.45, 7) is 5.75. The molecule has 1 aliphatic rings. The van der Waals surface area contributed by atoms with Crippen LogP contribution in [0.3, 0.4) is 0 Å². The summed E-state index contributed by atoms with van der Waals surface area (Å²) in [6.07, 6.45) is -2.42. The Morgan fingerprint density at radius 3 is 2.82 bits per heavy atom. The van der Waals surface area contributed by atoms with Crippen LogP contribution in [-0.2, 0) is 4.74 Å². The average Bonchev–Trinajstić information content (AvgIpc) is 2.32. The SMILES string of the molecule is C=[N+]=C(NCC)S[C@@H]1C[C@@H](O)[C@H](O)[C@@H](CO)O1. The summed E-state index contributed by atoms with van der Waals surface area (Å²) in [5.74, 6) is 0. The average molecular weight is 263 g/mol. The van der Waals surface area contributed by atoms with E-state index in [9.17, 15) is 10.2 Å². The molecule has 0 unspecified atom stereocenters. The number of nitrogens with one attached hydrogen (secondary N) is 1. The van der Waals surface area contributed by atoms with E-state index in [4.69, 9.17) is 9.84 Å². The third-order valence-corrected chi connectivity index (χ3v) is 3.49. The van der Waals surface area contributed by atoms with Crippen LogP contribution in [-0.4, -0.2) is 64.1 Å². The molecule has 0 amide bonds. The highest BCUT2D eigenvalue weighted by atomic mass is 32.2. The highest BCUT2D eigenvalue weighted by molar-refractivity contribution is 8.14. The van der Waals surface area contributed by atoms with E-state index >= 15 is 0 Å². The molecule has 1 heterocycles. The molecule has 4 N–H and O–H groups in total. The van der Waals surface area contributed by atoms with Gasteiger partial charge in [0.25, 0.3) is 0 Å². The second-order valence-corrected chi connectivity index (χ2v) is 4.84. The second kappa shape index (κ2) is 7.00. The van der Waals surface area contributed by atoms with Crippen molar-refractivity contribution in [2.24, 2.45) is 0 Å². The summed E-state index contributed by atoms with van der Waals surface area (Å²) in [7, 11) is 0. The molecule has 0 aliphatic carbocycles. The van der Waals surface area contributed by atoms with Gasteiger partial charge in [0, 0.05) is 18.2 Å². The van der Waals surface area contributed by atoms with Gasteiger partial charge in [-0.1, -0.05) is 0 Å². The van der Waals surface area contributed by atoms with E-state index in [1.807, 2.05) is 6.92 Å². The first-order valence-electron chi connectivity index (χ1n) is 5.49. The van der Waals surface area contributed by atoms with Crippen LogP contribution in [0, 0.1) is 0 Å².